The molecule has 0 atom stereocenters. The second-order valence-electron chi connectivity index (χ2n) is 3.96. The lowest BCUT2D eigenvalue weighted by Crippen LogP contribution is -1.94. The van der Waals surface area contributed by atoms with Crippen LogP contribution in [-0.2, 0) is 6.42 Å². The molecule has 0 bridgehead atoms. The molecule has 2 N–H and O–H groups in total. The molecule has 0 aliphatic rings. The van der Waals surface area contributed by atoms with Crippen LogP contribution in [0.3, 0.4) is 0 Å². The van der Waals surface area contributed by atoms with E-state index < -0.39 is 0 Å². The molecule has 2 heteroatoms. The summed E-state index contributed by atoms with van der Waals surface area (Å²) in [5.41, 5.74) is 11.4. The third-order valence-electron chi connectivity index (χ3n) is 2.90. The van der Waals surface area contributed by atoms with Crippen LogP contribution >= 0.6 is 0 Å². The third-order valence-corrected chi connectivity index (χ3v) is 2.90. The molecular weight excluding hydrogens is 196 g/mol. The fraction of sp³-hybridized carbons (Fsp3) is 0.214. The van der Waals surface area contributed by atoms with Gasteiger partial charge in [0.1, 0.15) is 0 Å². The molecule has 0 unspecified atom stereocenters. The van der Waals surface area contributed by atoms with E-state index in [2.05, 4.69) is 36.2 Å². The van der Waals surface area contributed by atoms with Gasteiger partial charge < -0.3 is 5.73 Å². The number of benzene rings is 1. The topological polar surface area (TPSA) is 38.9 Å². The van der Waals surface area contributed by atoms with Crippen molar-refractivity contribution in [2.75, 3.05) is 5.73 Å². The zero-order valence-electron chi connectivity index (χ0n) is 9.70. The smallest absolute Gasteiger partial charge is 0.0536 e. The van der Waals surface area contributed by atoms with E-state index in [0.29, 0.717) is 0 Å². The molecule has 2 nitrogen and oxygen atoms in total. The highest BCUT2D eigenvalue weighted by molar-refractivity contribution is 5.71. The van der Waals surface area contributed by atoms with Gasteiger partial charge in [-0.1, -0.05) is 31.2 Å². The lowest BCUT2D eigenvalue weighted by molar-refractivity contribution is 1.14. The van der Waals surface area contributed by atoms with Gasteiger partial charge in [0, 0.05) is 11.8 Å². The highest BCUT2D eigenvalue weighted by Crippen LogP contribution is 2.26. The first-order valence-electron chi connectivity index (χ1n) is 5.51. The van der Waals surface area contributed by atoms with Gasteiger partial charge in [-0.15, -0.1) is 0 Å². The summed E-state index contributed by atoms with van der Waals surface area (Å²) >= 11 is 0. The Morgan fingerprint density at radius 3 is 2.81 bits per heavy atom. The van der Waals surface area contributed by atoms with Crippen LogP contribution in [0.25, 0.3) is 11.1 Å². The van der Waals surface area contributed by atoms with Crippen LogP contribution in [0, 0.1) is 6.92 Å². The lowest BCUT2D eigenvalue weighted by atomic mass is 9.99. The molecular formula is C14H16N2. The van der Waals surface area contributed by atoms with Crippen molar-refractivity contribution in [2.45, 2.75) is 20.3 Å². The summed E-state index contributed by atoms with van der Waals surface area (Å²) in [4.78, 5) is 4.15. The maximum absolute atomic E-state index is 5.87. The van der Waals surface area contributed by atoms with Crippen molar-refractivity contribution in [1.82, 2.24) is 4.98 Å². The number of anilines is 1. The summed E-state index contributed by atoms with van der Waals surface area (Å²) in [5.74, 6) is 0. The summed E-state index contributed by atoms with van der Waals surface area (Å²) in [6.45, 7) is 4.19. The van der Waals surface area contributed by atoms with Gasteiger partial charge in [0.25, 0.3) is 0 Å². The van der Waals surface area contributed by atoms with Crippen molar-refractivity contribution >= 4 is 5.69 Å². The maximum atomic E-state index is 5.87. The molecule has 1 heterocycles. The molecule has 0 aliphatic carbocycles. The summed E-state index contributed by atoms with van der Waals surface area (Å²) < 4.78 is 0. The van der Waals surface area contributed by atoms with E-state index in [1.165, 1.54) is 11.1 Å². The van der Waals surface area contributed by atoms with Gasteiger partial charge in [-0.2, -0.15) is 0 Å². The van der Waals surface area contributed by atoms with Crippen LogP contribution in [0.1, 0.15) is 18.1 Å². The van der Waals surface area contributed by atoms with E-state index in [0.717, 1.165) is 23.2 Å². The van der Waals surface area contributed by atoms with E-state index in [9.17, 15) is 0 Å². The second kappa shape index (κ2) is 4.35. The SMILES string of the molecule is CCc1cccc(-c2cncc(N)c2C)c1. The zero-order valence-corrected chi connectivity index (χ0v) is 9.70. The van der Waals surface area contributed by atoms with E-state index in [1.54, 1.807) is 6.20 Å². The van der Waals surface area contributed by atoms with Crippen molar-refractivity contribution < 1.29 is 0 Å². The number of hydrogen-bond acceptors (Lipinski definition) is 2. The predicted octanol–water partition coefficient (Wildman–Crippen LogP) is 3.20. The van der Waals surface area contributed by atoms with Crippen molar-refractivity contribution in [3.8, 4) is 11.1 Å². The predicted molar refractivity (Wildman–Crippen MR) is 68.2 cm³/mol. The van der Waals surface area contributed by atoms with Gasteiger partial charge in [0.05, 0.1) is 11.9 Å². The first-order chi connectivity index (χ1) is 7.72. The van der Waals surface area contributed by atoms with Gasteiger partial charge in [-0.25, -0.2) is 0 Å². The molecule has 2 rings (SSSR count). The first-order valence-corrected chi connectivity index (χ1v) is 5.51. The Morgan fingerprint density at radius 1 is 1.25 bits per heavy atom. The fourth-order valence-corrected chi connectivity index (χ4v) is 1.79. The molecule has 1 aromatic heterocycles. The Kier molecular flexibility index (Phi) is 2.91. The van der Waals surface area contributed by atoms with Crippen LogP contribution < -0.4 is 5.73 Å². The first kappa shape index (κ1) is 10.7. The Balaban J connectivity index is 2.54. The quantitative estimate of drug-likeness (QED) is 0.830. The van der Waals surface area contributed by atoms with Gasteiger partial charge in [-0.05, 0) is 30.0 Å². The van der Waals surface area contributed by atoms with Crippen LogP contribution in [0.5, 0.6) is 0 Å². The molecule has 0 saturated carbocycles. The summed E-state index contributed by atoms with van der Waals surface area (Å²) in [7, 11) is 0. The summed E-state index contributed by atoms with van der Waals surface area (Å²) in [6, 6.07) is 8.52. The number of nitrogens with zero attached hydrogens (tertiary/aromatic N) is 1. The number of aromatic nitrogens is 1. The average Bonchev–Trinajstić information content (AvgIpc) is 2.33. The zero-order chi connectivity index (χ0) is 11.5. The lowest BCUT2D eigenvalue weighted by Gasteiger charge is -2.08. The highest BCUT2D eigenvalue weighted by atomic mass is 14.7. The fourth-order valence-electron chi connectivity index (χ4n) is 1.79. The van der Waals surface area contributed by atoms with Crippen LogP contribution in [0.2, 0.25) is 0 Å². The molecule has 16 heavy (non-hydrogen) atoms. The van der Waals surface area contributed by atoms with Crippen LogP contribution in [-0.4, -0.2) is 4.98 Å². The highest BCUT2D eigenvalue weighted by Gasteiger charge is 2.05. The summed E-state index contributed by atoms with van der Waals surface area (Å²) in [6.07, 6.45) is 4.62. The van der Waals surface area contributed by atoms with Crippen molar-refractivity contribution in [1.29, 1.82) is 0 Å². The molecule has 0 fully saturated rings. The molecule has 0 saturated heterocycles. The average molecular weight is 212 g/mol. The molecule has 0 radical (unpaired) electrons. The van der Waals surface area contributed by atoms with Gasteiger partial charge in [-0.3, -0.25) is 4.98 Å². The van der Waals surface area contributed by atoms with Crippen LogP contribution in [0.4, 0.5) is 5.69 Å². The van der Waals surface area contributed by atoms with E-state index in [4.69, 9.17) is 5.73 Å². The van der Waals surface area contributed by atoms with Crippen molar-refractivity contribution in [3.63, 3.8) is 0 Å². The van der Waals surface area contributed by atoms with Gasteiger partial charge in [0.2, 0.25) is 0 Å². The summed E-state index contributed by atoms with van der Waals surface area (Å²) in [5, 5.41) is 0. The largest absolute Gasteiger partial charge is 0.397 e. The minimum absolute atomic E-state index is 0.749. The number of aryl methyl sites for hydroxylation is 1. The van der Waals surface area contributed by atoms with E-state index >= 15 is 0 Å². The normalized spacial score (nSPS) is 10.4. The van der Waals surface area contributed by atoms with Gasteiger partial charge >= 0.3 is 0 Å². The standard InChI is InChI=1S/C14H16N2/c1-3-11-5-4-6-12(7-11)13-8-16-9-14(15)10(13)2/h4-9H,3,15H2,1-2H3. The Morgan fingerprint density at radius 2 is 2.06 bits per heavy atom. The number of rotatable bonds is 2. The minimum atomic E-state index is 0.749. The monoisotopic (exact) mass is 212 g/mol. The maximum Gasteiger partial charge on any atom is 0.0536 e. The molecule has 1 aromatic carbocycles. The Bertz CT molecular complexity index is 504. The van der Waals surface area contributed by atoms with Gasteiger partial charge in [0.15, 0.2) is 0 Å². The number of pyridine rings is 1. The van der Waals surface area contributed by atoms with Crippen molar-refractivity contribution in [3.05, 3.63) is 47.8 Å². The molecule has 0 amide bonds. The number of nitrogen functional groups attached to an aromatic ring is 1. The molecule has 2 aromatic rings. The third kappa shape index (κ3) is 1.91. The Hall–Kier alpha value is -1.83. The van der Waals surface area contributed by atoms with Crippen molar-refractivity contribution in [2.24, 2.45) is 0 Å². The van der Waals surface area contributed by atoms with Crippen LogP contribution in [0.15, 0.2) is 36.7 Å². The molecule has 82 valence electrons. The second-order valence-corrected chi connectivity index (χ2v) is 3.96. The van der Waals surface area contributed by atoms with E-state index in [-0.39, 0.29) is 0 Å². The minimum Gasteiger partial charge on any atom is -0.397 e. The molecule has 0 spiro atoms. The number of nitrogens with two attached hydrogens (primary N) is 1. The van der Waals surface area contributed by atoms with E-state index in [1.807, 2.05) is 13.1 Å². The Labute approximate surface area is 96.1 Å². The number of hydrogen-bond donors (Lipinski definition) is 1. The molecule has 0 aliphatic heterocycles.